The maximum Gasteiger partial charge on any atom is 0.259 e. The van der Waals surface area contributed by atoms with Crippen LogP contribution in [-0.4, -0.2) is 24.0 Å². The van der Waals surface area contributed by atoms with Crippen molar-refractivity contribution in [1.82, 2.24) is 14.3 Å². The summed E-state index contributed by atoms with van der Waals surface area (Å²) in [4.78, 5) is 3.75. The zero-order valence-electron chi connectivity index (χ0n) is 7.85. The minimum absolute atomic E-state index is 0.0590. The summed E-state index contributed by atoms with van der Waals surface area (Å²) in [6.07, 6.45) is 2.92. The molecule has 0 amide bonds. The van der Waals surface area contributed by atoms with Crippen molar-refractivity contribution in [3.8, 4) is 0 Å². The fraction of sp³-hybridized carbons (Fsp3) is 0.571. The van der Waals surface area contributed by atoms with Gasteiger partial charge in [0, 0.05) is 19.3 Å². The Labute approximate surface area is 77.8 Å². The van der Waals surface area contributed by atoms with E-state index < -0.39 is 10.0 Å². The highest BCUT2D eigenvalue weighted by molar-refractivity contribution is 7.89. The van der Waals surface area contributed by atoms with Crippen LogP contribution in [0.25, 0.3) is 0 Å². The fourth-order valence-corrected chi connectivity index (χ4v) is 2.13. The van der Waals surface area contributed by atoms with Gasteiger partial charge in [-0.3, -0.25) is 0 Å². The third-order valence-corrected chi connectivity index (χ3v) is 2.89. The van der Waals surface area contributed by atoms with E-state index >= 15 is 0 Å². The molecule has 1 rings (SSSR count). The second-order valence-electron chi connectivity index (χ2n) is 3.15. The van der Waals surface area contributed by atoms with Crippen LogP contribution in [0, 0.1) is 0 Å². The minimum Gasteiger partial charge on any atom is -0.339 e. The van der Waals surface area contributed by atoms with Crippen molar-refractivity contribution < 1.29 is 8.42 Å². The molecule has 0 aliphatic heterocycles. The van der Waals surface area contributed by atoms with Crippen molar-refractivity contribution in [3.63, 3.8) is 0 Å². The maximum atomic E-state index is 11.5. The summed E-state index contributed by atoms with van der Waals surface area (Å²) in [5.41, 5.74) is 0. The van der Waals surface area contributed by atoms with Crippen molar-refractivity contribution >= 4 is 10.0 Å². The maximum absolute atomic E-state index is 11.5. The van der Waals surface area contributed by atoms with E-state index in [1.807, 2.05) is 0 Å². The molecule has 0 aliphatic rings. The van der Waals surface area contributed by atoms with Gasteiger partial charge in [-0.05, 0) is 13.8 Å². The van der Waals surface area contributed by atoms with Gasteiger partial charge < -0.3 is 4.57 Å². The molecule has 0 saturated heterocycles. The van der Waals surface area contributed by atoms with Crippen molar-refractivity contribution in [1.29, 1.82) is 0 Å². The van der Waals surface area contributed by atoms with Crippen LogP contribution < -0.4 is 4.72 Å². The van der Waals surface area contributed by atoms with Crippen LogP contribution in [-0.2, 0) is 17.1 Å². The van der Waals surface area contributed by atoms with Crippen LogP contribution in [0.5, 0.6) is 0 Å². The first-order chi connectivity index (χ1) is 5.92. The molecule has 0 aliphatic carbocycles. The first kappa shape index (κ1) is 10.2. The van der Waals surface area contributed by atoms with Crippen LogP contribution in [0.15, 0.2) is 17.6 Å². The van der Waals surface area contributed by atoms with E-state index in [2.05, 4.69) is 9.71 Å². The highest BCUT2D eigenvalue weighted by atomic mass is 32.2. The number of nitrogens with one attached hydrogen (secondary N) is 1. The summed E-state index contributed by atoms with van der Waals surface area (Å²) in [6.45, 7) is 3.53. The molecule has 13 heavy (non-hydrogen) atoms. The summed E-state index contributed by atoms with van der Waals surface area (Å²) in [5.74, 6) is 0. The molecule has 1 aromatic heterocycles. The normalized spacial score (nSPS) is 12.3. The van der Waals surface area contributed by atoms with Gasteiger partial charge in [-0.2, -0.15) is 0 Å². The van der Waals surface area contributed by atoms with Gasteiger partial charge in [-0.25, -0.2) is 18.1 Å². The van der Waals surface area contributed by atoms with Crippen molar-refractivity contribution in [2.24, 2.45) is 7.05 Å². The van der Waals surface area contributed by atoms with Gasteiger partial charge in [0.1, 0.15) is 0 Å². The van der Waals surface area contributed by atoms with Crippen LogP contribution in [0.2, 0.25) is 0 Å². The van der Waals surface area contributed by atoms with E-state index in [0.717, 1.165) is 0 Å². The van der Waals surface area contributed by atoms with Crippen molar-refractivity contribution in [2.45, 2.75) is 24.9 Å². The molecule has 0 radical (unpaired) electrons. The monoisotopic (exact) mass is 203 g/mol. The Morgan fingerprint density at radius 1 is 1.54 bits per heavy atom. The molecule has 0 bridgehead atoms. The molecular formula is C7H13N3O2S. The lowest BCUT2D eigenvalue weighted by atomic mass is 10.4. The molecule has 1 heterocycles. The highest BCUT2D eigenvalue weighted by Gasteiger charge is 2.17. The molecule has 0 unspecified atom stereocenters. The topological polar surface area (TPSA) is 64.0 Å². The Kier molecular flexibility index (Phi) is 2.72. The van der Waals surface area contributed by atoms with Gasteiger partial charge in [0.25, 0.3) is 10.0 Å². The number of nitrogens with zero attached hydrogens (tertiary/aromatic N) is 2. The Hall–Kier alpha value is -0.880. The lowest BCUT2D eigenvalue weighted by molar-refractivity contribution is 0.566. The average molecular weight is 203 g/mol. The van der Waals surface area contributed by atoms with Crippen LogP contribution >= 0.6 is 0 Å². The second-order valence-corrected chi connectivity index (χ2v) is 4.81. The number of aryl methyl sites for hydroxylation is 1. The van der Waals surface area contributed by atoms with Crippen molar-refractivity contribution in [2.75, 3.05) is 0 Å². The van der Waals surface area contributed by atoms with Crippen LogP contribution in [0.3, 0.4) is 0 Å². The Balaban J connectivity index is 2.95. The molecule has 0 saturated carbocycles. The van der Waals surface area contributed by atoms with Crippen molar-refractivity contribution in [3.05, 3.63) is 12.5 Å². The van der Waals surface area contributed by atoms with E-state index in [-0.39, 0.29) is 11.1 Å². The third kappa shape index (κ3) is 2.53. The quantitative estimate of drug-likeness (QED) is 0.758. The van der Waals surface area contributed by atoms with Crippen LogP contribution in [0.4, 0.5) is 0 Å². The lowest BCUT2D eigenvalue weighted by Crippen LogP contribution is -2.30. The van der Waals surface area contributed by atoms with Crippen LogP contribution in [0.1, 0.15) is 13.8 Å². The molecule has 0 fully saturated rings. The van der Waals surface area contributed by atoms with E-state index in [0.29, 0.717) is 0 Å². The molecule has 5 nitrogen and oxygen atoms in total. The molecule has 0 aromatic carbocycles. The van der Waals surface area contributed by atoms with Gasteiger partial charge in [0.2, 0.25) is 0 Å². The van der Waals surface area contributed by atoms with Gasteiger partial charge >= 0.3 is 0 Å². The summed E-state index contributed by atoms with van der Waals surface area (Å²) in [6, 6.07) is -0.119. The van der Waals surface area contributed by atoms with E-state index in [9.17, 15) is 8.42 Å². The number of hydrogen-bond acceptors (Lipinski definition) is 3. The number of imidazole rings is 1. The predicted molar refractivity (Wildman–Crippen MR) is 48.7 cm³/mol. The summed E-state index contributed by atoms with van der Waals surface area (Å²) >= 11 is 0. The number of aromatic nitrogens is 2. The largest absolute Gasteiger partial charge is 0.339 e. The Morgan fingerprint density at radius 3 is 2.54 bits per heavy atom. The number of rotatable bonds is 3. The first-order valence-electron chi connectivity index (χ1n) is 3.92. The third-order valence-electron chi connectivity index (χ3n) is 1.35. The average Bonchev–Trinajstić information content (AvgIpc) is 2.32. The lowest BCUT2D eigenvalue weighted by Gasteiger charge is -2.06. The van der Waals surface area contributed by atoms with E-state index in [1.165, 1.54) is 12.5 Å². The molecule has 74 valence electrons. The van der Waals surface area contributed by atoms with Gasteiger partial charge in [0.15, 0.2) is 5.03 Å². The minimum atomic E-state index is -3.42. The molecule has 1 aromatic rings. The predicted octanol–water partition coefficient (Wildman–Crippen LogP) is 0.107. The summed E-state index contributed by atoms with van der Waals surface area (Å²) in [7, 11) is -1.70. The zero-order chi connectivity index (χ0) is 10.1. The standard InChI is InChI=1S/C7H13N3O2S/c1-6(2)9-13(11,12)7-4-10(3)5-8-7/h4-6,9H,1-3H3. The first-order valence-corrected chi connectivity index (χ1v) is 5.40. The highest BCUT2D eigenvalue weighted by Crippen LogP contribution is 2.04. The number of sulfonamides is 1. The zero-order valence-corrected chi connectivity index (χ0v) is 8.67. The van der Waals surface area contributed by atoms with E-state index in [1.54, 1.807) is 25.5 Å². The SMILES string of the molecule is CC(C)NS(=O)(=O)c1cn(C)cn1. The van der Waals surface area contributed by atoms with Gasteiger partial charge in [-0.1, -0.05) is 0 Å². The Bertz CT molecular complexity index is 380. The molecule has 0 atom stereocenters. The fourth-order valence-electron chi connectivity index (χ4n) is 0.898. The molecule has 6 heteroatoms. The molecule has 0 spiro atoms. The molecular weight excluding hydrogens is 190 g/mol. The van der Waals surface area contributed by atoms with Gasteiger partial charge in [-0.15, -0.1) is 0 Å². The Morgan fingerprint density at radius 2 is 2.15 bits per heavy atom. The molecule has 1 N–H and O–H groups in total. The van der Waals surface area contributed by atoms with E-state index in [4.69, 9.17) is 0 Å². The second kappa shape index (κ2) is 3.47. The smallest absolute Gasteiger partial charge is 0.259 e. The summed E-state index contributed by atoms with van der Waals surface area (Å²) in [5, 5.41) is 0.0590. The number of hydrogen-bond donors (Lipinski definition) is 1. The summed E-state index contributed by atoms with van der Waals surface area (Å²) < 4.78 is 27.0. The van der Waals surface area contributed by atoms with Gasteiger partial charge in [0.05, 0.1) is 6.33 Å².